The quantitative estimate of drug-likeness (QED) is 0.160. The largest absolute Gasteiger partial charge is 0.874 e. The number of fused-ring (bicyclic) bond motifs is 2. The van der Waals surface area contributed by atoms with Crippen LogP contribution < -0.4 is 19.3 Å². The highest BCUT2D eigenvalue weighted by Gasteiger charge is 2.45. The van der Waals surface area contributed by atoms with E-state index in [0.717, 1.165) is 47.8 Å². The van der Waals surface area contributed by atoms with Crippen LogP contribution in [0.3, 0.4) is 0 Å². The number of Topliss-reactive ketones (excluding diaryl/α,β-unsaturated/α-hetero) is 2. The Balaban J connectivity index is 1.02. The maximum Gasteiger partial charge on any atom is 0.362 e. The number of allylic oxidation sites excluding steroid dienone is 4. The van der Waals surface area contributed by atoms with E-state index >= 15 is 0 Å². The third kappa shape index (κ3) is 4.97. The maximum atomic E-state index is 13.4. The molecule has 2 heterocycles. The summed E-state index contributed by atoms with van der Waals surface area (Å²) in [6, 6.07) is 29.8. The van der Waals surface area contributed by atoms with E-state index in [-0.39, 0.29) is 34.2 Å². The van der Waals surface area contributed by atoms with Gasteiger partial charge in [-0.15, -0.1) is 0 Å². The second-order valence-electron chi connectivity index (χ2n) is 13.1. The minimum atomic E-state index is -0.941. The summed E-state index contributed by atoms with van der Waals surface area (Å²) in [4.78, 5) is 26.9. The summed E-state index contributed by atoms with van der Waals surface area (Å²) in [5.41, 5.74) is 6.35. The molecule has 2 aliphatic carbocycles. The predicted octanol–water partition coefficient (Wildman–Crippen LogP) is 5.90. The number of aromatic nitrogens is 2. The van der Waals surface area contributed by atoms with Crippen molar-refractivity contribution in [3.63, 3.8) is 0 Å². The van der Waals surface area contributed by atoms with Gasteiger partial charge in [0, 0.05) is 36.1 Å². The van der Waals surface area contributed by atoms with Crippen molar-refractivity contribution < 1.29 is 37.8 Å². The van der Waals surface area contributed by atoms with Crippen LogP contribution in [0.5, 0.6) is 0 Å². The summed E-state index contributed by atoms with van der Waals surface area (Å²) in [5, 5.41) is 26.9. The fourth-order valence-corrected chi connectivity index (χ4v) is 7.21. The number of oxazole rings is 2. The first-order valence-electron chi connectivity index (χ1n) is 17.4. The Hall–Kier alpha value is -5.76. The fourth-order valence-electron chi connectivity index (χ4n) is 7.21. The Bertz CT molecular complexity index is 2190. The highest BCUT2D eigenvalue weighted by molar-refractivity contribution is 6.32. The van der Waals surface area contributed by atoms with Gasteiger partial charge in [-0.2, -0.15) is 9.13 Å². The second-order valence-corrected chi connectivity index (χ2v) is 13.1. The first kappa shape index (κ1) is 31.5. The van der Waals surface area contributed by atoms with Gasteiger partial charge in [-0.1, -0.05) is 111 Å². The average molecular weight is 665 g/mol. The van der Waals surface area contributed by atoms with E-state index in [4.69, 9.17) is 8.83 Å². The third-order valence-corrected chi connectivity index (χ3v) is 9.95. The lowest BCUT2D eigenvalue weighted by Crippen LogP contribution is -2.45. The number of carbonyl (C=O) groups excluding carboxylic acids is 2. The molecule has 8 rings (SSSR count). The van der Waals surface area contributed by atoms with Gasteiger partial charge in [0.15, 0.2) is 36.5 Å². The molecule has 0 N–H and O–H groups in total. The van der Waals surface area contributed by atoms with Gasteiger partial charge in [0.05, 0.1) is 0 Å². The highest BCUT2D eigenvalue weighted by atomic mass is 16.4. The number of rotatable bonds is 11. The van der Waals surface area contributed by atoms with Gasteiger partial charge in [-0.05, 0) is 34.4 Å². The summed E-state index contributed by atoms with van der Waals surface area (Å²) in [5.74, 6) is -2.03. The number of nitrogens with zero attached hydrogens (tertiary/aromatic N) is 2. The van der Waals surface area contributed by atoms with E-state index in [2.05, 4.69) is 13.8 Å². The molecule has 2 atom stereocenters. The van der Waals surface area contributed by atoms with E-state index in [9.17, 15) is 19.8 Å². The van der Waals surface area contributed by atoms with Crippen LogP contribution in [0.25, 0.3) is 44.5 Å². The molecule has 0 fully saturated rings. The monoisotopic (exact) mass is 664 g/mol. The summed E-state index contributed by atoms with van der Waals surface area (Å²) in [6.45, 7) is 5.54. The molecule has 50 heavy (non-hydrogen) atoms. The topological polar surface area (TPSA) is 114 Å². The zero-order valence-electron chi connectivity index (χ0n) is 28.0. The van der Waals surface area contributed by atoms with Crippen LogP contribution in [-0.2, 0) is 22.7 Å². The van der Waals surface area contributed by atoms with Crippen LogP contribution in [0.1, 0.15) is 74.3 Å². The van der Waals surface area contributed by atoms with Crippen LogP contribution in [0.4, 0.5) is 0 Å². The summed E-state index contributed by atoms with van der Waals surface area (Å²) < 4.78 is 16.1. The molecule has 2 aliphatic rings. The van der Waals surface area contributed by atoms with E-state index < -0.39 is 11.8 Å². The number of carbonyl (C=O) groups is 2. The van der Waals surface area contributed by atoms with Crippen molar-refractivity contribution in [3.8, 4) is 11.1 Å². The molecular formula is C42H36N2O6. The lowest BCUT2D eigenvalue weighted by atomic mass is 9.78. The highest BCUT2D eigenvalue weighted by Crippen LogP contribution is 2.43. The van der Waals surface area contributed by atoms with Gasteiger partial charge in [-0.3, -0.25) is 9.59 Å². The molecule has 0 radical (unpaired) electrons. The van der Waals surface area contributed by atoms with E-state index in [1.807, 2.05) is 81.9 Å². The van der Waals surface area contributed by atoms with Crippen molar-refractivity contribution in [2.75, 3.05) is 0 Å². The molecule has 0 amide bonds. The first-order chi connectivity index (χ1) is 24.4. The van der Waals surface area contributed by atoms with Gasteiger partial charge < -0.3 is 19.0 Å². The molecule has 8 nitrogen and oxygen atoms in total. The average Bonchev–Trinajstić information content (AvgIpc) is 3.67. The minimum Gasteiger partial charge on any atom is -0.874 e. The SMILES string of the molecule is CCCC[n+]1c(C2C(=O)C(c3ccc(-c4ccc(C5=C([O-])C(c6oc7ccccc7[n+]6CCCC)C5=O)cc4)cc3)=C2[O-])oc2ccccc21. The lowest BCUT2D eigenvalue weighted by molar-refractivity contribution is -0.685. The fraction of sp³-hybridized carbons (Fsp3) is 0.238. The molecule has 0 aliphatic heterocycles. The summed E-state index contributed by atoms with van der Waals surface area (Å²) >= 11 is 0. The lowest BCUT2D eigenvalue weighted by Gasteiger charge is -2.33. The van der Waals surface area contributed by atoms with Crippen molar-refractivity contribution in [2.45, 2.75) is 64.5 Å². The van der Waals surface area contributed by atoms with E-state index in [0.29, 0.717) is 47.2 Å². The zero-order valence-corrected chi connectivity index (χ0v) is 28.0. The number of hydrogen-bond donors (Lipinski definition) is 0. The summed E-state index contributed by atoms with van der Waals surface area (Å²) in [7, 11) is 0. The van der Waals surface area contributed by atoms with E-state index in [1.165, 1.54) is 0 Å². The smallest absolute Gasteiger partial charge is 0.362 e. The van der Waals surface area contributed by atoms with Gasteiger partial charge in [0.2, 0.25) is 11.2 Å². The van der Waals surface area contributed by atoms with Crippen molar-refractivity contribution in [1.82, 2.24) is 0 Å². The molecule has 6 aromatic rings. The Morgan fingerprint density at radius 2 is 0.900 bits per heavy atom. The molecule has 4 aromatic carbocycles. The number of ketones is 2. The molecule has 250 valence electrons. The van der Waals surface area contributed by atoms with Gasteiger partial charge in [0.25, 0.3) is 11.0 Å². The second kappa shape index (κ2) is 12.6. The van der Waals surface area contributed by atoms with Crippen LogP contribution in [-0.4, -0.2) is 11.6 Å². The predicted molar refractivity (Wildman–Crippen MR) is 184 cm³/mol. The number of aryl methyl sites for hydroxylation is 2. The maximum absolute atomic E-state index is 13.4. The van der Waals surface area contributed by atoms with Gasteiger partial charge >= 0.3 is 11.8 Å². The van der Waals surface area contributed by atoms with Crippen molar-refractivity contribution in [3.05, 3.63) is 131 Å². The first-order valence-corrected chi connectivity index (χ1v) is 17.4. The van der Waals surface area contributed by atoms with Gasteiger partial charge in [-0.25, -0.2) is 0 Å². The molecule has 8 heteroatoms. The van der Waals surface area contributed by atoms with Crippen LogP contribution >= 0.6 is 0 Å². The molecule has 0 saturated carbocycles. The standard InChI is InChI=1S/C42H36N2O6/c1-3-5-23-43-29-11-7-9-13-31(29)49-41(43)35-37(45)33(38(35)46)27-19-15-25(16-20-27)26-17-21-28(22-18-26)34-39(47)36(40(34)48)42-44(24-6-4-2)30-12-8-10-14-32(30)50-42/h7-22,35-36H,3-6,23-24H2,1-2H3. The molecule has 2 unspecified atom stereocenters. The normalized spacial score (nSPS) is 17.6. The van der Waals surface area contributed by atoms with Crippen LogP contribution in [0.2, 0.25) is 0 Å². The minimum absolute atomic E-state index is 0.188. The number of benzene rings is 4. The summed E-state index contributed by atoms with van der Waals surface area (Å²) in [6.07, 6.45) is 3.76. The molecule has 0 spiro atoms. The molecule has 0 bridgehead atoms. The Morgan fingerprint density at radius 3 is 1.26 bits per heavy atom. The Morgan fingerprint density at radius 1 is 0.540 bits per heavy atom. The van der Waals surface area contributed by atoms with Crippen molar-refractivity contribution in [2.24, 2.45) is 0 Å². The van der Waals surface area contributed by atoms with Crippen molar-refractivity contribution >= 4 is 44.9 Å². The number of unbranched alkanes of at least 4 members (excludes halogenated alkanes) is 2. The van der Waals surface area contributed by atoms with Crippen LogP contribution in [0.15, 0.2) is 117 Å². The van der Waals surface area contributed by atoms with Gasteiger partial charge in [0.1, 0.15) is 0 Å². The molecular weight excluding hydrogens is 628 g/mol. The molecule has 2 aromatic heterocycles. The molecule has 0 saturated heterocycles. The number of para-hydroxylation sites is 4. The van der Waals surface area contributed by atoms with Crippen LogP contribution in [0, 0.1) is 0 Å². The Labute approximate surface area is 289 Å². The van der Waals surface area contributed by atoms with E-state index in [1.54, 1.807) is 24.3 Å². The number of hydrogen-bond acceptors (Lipinski definition) is 6. The third-order valence-electron chi connectivity index (χ3n) is 9.95. The van der Waals surface area contributed by atoms with Crippen molar-refractivity contribution in [1.29, 1.82) is 0 Å². The zero-order chi connectivity index (χ0) is 34.5. The Kier molecular flexibility index (Phi) is 7.94.